The summed E-state index contributed by atoms with van der Waals surface area (Å²) in [7, 11) is 0. The molecule has 0 radical (unpaired) electrons. The van der Waals surface area contributed by atoms with Gasteiger partial charge in [0.25, 0.3) is 0 Å². The van der Waals surface area contributed by atoms with E-state index in [-0.39, 0.29) is 6.10 Å². The van der Waals surface area contributed by atoms with E-state index in [1.54, 1.807) is 0 Å². The van der Waals surface area contributed by atoms with Crippen LogP contribution in [0.2, 0.25) is 0 Å². The molecule has 3 atom stereocenters. The van der Waals surface area contributed by atoms with E-state index in [1.165, 1.54) is 16.8 Å². The second-order valence-corrected chi connectivity index (χ2v) is 10.1. The van der Waals surface area contributed by atoms with Crippen LogP contribution >= 0.6 is 0 Å². The summed E-state index contributed by atoms with van der Waals surface area (Å²) in [6.07, 6.45) is 1.92. The molecule has 1 aliphatic carbocycles. The molecule has 0 spiro atoms. The average Bonchev–Trinajstić information content (AvgIpc) is 3.40. The first-order valence-electron chi connectivity index (χ1n) is 13.5. The van der Waals surface area contributed by atoms with E-state index in [2.05, 4.69) is 67.6 Å². The largest absolute Gasteiger partial charge is 0.489 e. The van der Waals surface area contributed by atoms with Crippen LogP contribution in [-0.4, -0.2) is 12.3 Å². The lowest BCUT2D eigenvalue weighted by atomic mass is 9.80. The van der Waals surface area contributed by atoms with E-state index in [0.717, 1.165) is 47.8 Å². The van der Waals surface area contributed by atoms with Gasteiger partial charge in [0.2, 0.25) is 0 Å². The molecule has 4 nitrogen and oxygen atoms in total. The van der Waals surface area contributed by atoms with Crippen LogP contribution in [0.1, 0.15) is 54.0 Å². The lowest BCUT2D eigenvalue weighted by molar-refractivity contribution is 0.105. The summed E-state index contributed by atoms with van der Waals surface area (Å²) in [5.74, 6) is 3.40. The maximum atomic E-state index is 6.69. The molecule has 4 aromatic carbocycles. The van der Waals surface area contributed by atoms with Crippen molar-refractivity contribution in [1.82, 2.24) is 0 Å². The molecule has 192 valence electrons. The quantitative estimate of drug-likeness (QED) is 0.245. The van der Waals surface area contributed by atoms with E-state index in [0.29, 0.717) is 25.0 Å². The predicted octanol–water partition coefficient (Wildman–Crippen LogP) is 7.93. The minimum Gasteiger partial charge on any atom is -0.489 e. The van der Waals surface area contributed by atoms with Crippen LogP contribution in [0.25, 0.3) is 0 Å². The second-order valence-electron chi connectivity index (χ2n) is 10.1. The maximum absolute atomic E-state index is 6.69. The number of rotatable bonds is 8. The smallest absolute Gasteiger partial charge is 0.127 e. The van der Waals surface area contributed by atoms with Gasteiger partial charge in [-0.3, -0.25) is 4.99 Å². The van der Waals surface area contributed by atoms with E-state index in [9.17, 15) is 0 Å². The highest BCUT2D eigenvalue weighted by Crippen LogP contribution is 2.53. The van der Waals surface area contributed by atoms with Crippen LogP contribution in [0.15, 0.2) is 108 Å². The van der Waals surface area contributed by atoms with E-state index < -0.39 is 0 Å². The Morgan fingerprint density at radius 3 is 2.03 bits per heavy atom. The Morgan fingerprint density at radius 2 is 1.37 bits per heavy atom. The Hall–Kier alpha value is -4.05. The number of fused-ring (bicyclic) bond motifs is 3. The topological polar surface area (TPSA) is 40.0 Å². The summed E-state index contributed by atoms with van der Waals surface area (Å²) in [6, 6.07) is 35.2. The summed E-state index contributed by atoms with van der Waals surface area (Å²) in [5, 5.41) is 0. The number of ether oxygens (including phenoxy) is 3. The molecule has 1 heterocycles. The molecule has 1 aliphatic heterocycles. The summed E-state index contributed by atoms with van der Waals surface area (Å²) in [5.41, 5.74) is 6.03. The molecule has 0 saturated heterocycles. The zero-order valence-electron chi connectivity index (χ0n) is 21.8. The molecular weight excluding hydrogens is 470 g/mol. The van der Waals surface area contributed by atoms with Crippen molar-refractivity contribution in [2.45, 2.75) is 45.0 Å². The number of hydrogen-bond acceptors (Lipinski definition) is 4. The fourth-order valence-electron chi connectivity index (χ4n) is 5.70. The standard InChI is InChI=1S/C34H33NO3/c1-2-35-27-19-30-31-21-29(37-23-25-11-7-4-8-12-25)17-18-33(31)38-34(32(30)20-27)26-13-15-28(16-14-26)36-22-24-9-5-3-6-10-24/h3-18,21,30,32,34H,2,19-20,22-23H2,1H3/t30-,32-,34-/m0/s1. The zero-order chi connectivity index (χ0) is 25.7. The third-order valence-corrected chi connectivity index (χ3v) is 7.55. The molecule has 6 rings (SSSR count). The Kier molecular flexibility index (Phi) is 7.12. The van der Waals surface area contributed by atoms with Crippen LogP contribution in [-0.2, 0) is 13.2 Å². The molecule has 0 bridgehead atoms. The van der Waals surface area contributed by atoms with Crippen molar-refractivity contribution in [1.29, 1.82) is 0 Å². The van der Waals surface area contributed by atoms with Gasteiger partial charge in [-0.15, -0.1) is 0 Å². The second kappa shape index (κ2) is 11.1. The monoisotopic (exact) mass is 503 g/mol. The fraction of sp³-hybridized carbons (Fsp3) is 0.265. The molecule has 0 amide bonds. The molecule has 1 saturated carbocycles. The first kappa shape index (κ1) is 24.3. The minimum atomic E-state index is -0.0173. The van der Waals surface area contributed by atoms with Gasteiger partial charge in [-0.05, 0) is 72.7 Å². The van der Waals surface area contributed by atoms with Gasteiger partial charge >= 0.3 is 0 Å². The number of aliphatic imine (C=N–C) groups is 1. The van der Waals surface area contributed by atoms with Crippen LogP contribution in [0, 0.1) is 5.92 Å². The van der Waals surface area contributed by atoms with Gasteiger partial charge in [0, 0.05) is 23.7 Å². The van der Waals surface area contributed by atoms with Crippen LogP contribution < -0.4 is 14.2 Å². The Morgan fingerprint density at radius 1 is 0.737 bits per heavy atom. The van der Waals surface area contributed by atoms with Crippen molar-refractivity contribution in [3.63, 3.8) is 0 Å². The first-order valence-corrected chi connectivity index (χ1v) is 13.5. The molecule has 0 N–H and O–H groups in total. The summed E-state index contributed by atoms with van der Waals surface area (Å²) < 4.78 is 18.9. The molecule has 0 unspecified atom stereocenters. The molecule has 1 fully saturated rings. The summed E-state index contributed by atoms with van der Waals surface area (Å²) in [4.78, 5) is 4.82. The fourth-order valence-corrected chi connectivity index (χ4v) is 5.70. The number of benzene rings is 4. The van der Waals surface area contributed by atoms with Crippen LogP contribution in [0.5, 0.6) is 17.2 Å². The van der Waals surface area contributed by atoms with E-state index >= 15 is 0 Å². The maximum Gasteiger partial charge on any atom is 0.127 e. The van der Waals surface area contributed by atoms with Crippen molar-refractivity contribution < 1.29 is 14.2 Å². The lowest BCUT2D eigenvalue weighted by Gasteiger charge is -2.36. The Bertz CT molecular complexity index is 1380. The number of nitrogens with zero attached hydrogens (tertiary/aromatic N) is 1. The van der Waals surface area contributed by atoms with Gasteiger partial charge in [-0.1, -0.05) is 72.8 Å². The number of hydrogen-bond donors (Lipinski definition) is 0. The highest BCUT2D eigenvalue weighted by atomic mass is 16.5. The van der Waals surface area contributed by atoms with E-state index in [4.69, 9.17) is 19.2 Å². The minimum absolute atomic E-state index is 0.0173. The van der Waals surface area contributed by atoms with Crippen molar-refractivity contribution in [2.24, 2.45) is 10.9 Å². The summed E-state index contributed by atoms with van der Waals surface area (Å²) in [6.45, 7) is 4.05. The molecule has 38 heavy (non-hydrogen) atoms. The van der Waals surface area contributed by atoms with Crippen molar-refractivity contribution in [2.75, 3.05) is 6.54 Å². The predicted molar refractivity (Wildman–Crippen MR) is 151 cm³/mol. The normalized spacial score (nSPS) is 20.9. The molecule has 4 aromatic rings. The van der Waals surface area contributed by atoms with Crippen LogP contribution in [0.4, 0.5) is 0 Å². The molecule has 2 aliphatic rings. The molecular formula is C34H33NO3. The Balaban J connectivity index is 1.22. The molecule has 0 aromatic heterocycles. The van der Waals surface area contributed by atoms with Gasteiger partial charge in [0.15, 0.2) is 0 Å². The van der Waals surface area contributed by atoms with Crippen molar-refractivity contribution >= 4 is 5.71 Å². The van der Waals surface area contributed by atoms with Gasteiger partial charge in [0.05, 0.1) is 0 Å². The highest BCUT2D eigenvalue weighted by Gasteiger charge is 2.44. The van der Waals surface area contributed by atoms with Gasteiger partial charge in [-0.2, -0.15) is 0 Å². The van der Waals surface area contributed by atoms with Crippen molar-refractivity contribution in [3.8, 4) is 17.2 Å². The van der Waals surface area contributed by atoms with Gasteiger partial charge in [-0.25, -0.2) is 0 Å². The van der Waals surface area contributed by atoms with Crippen molar-refractivity contribution in [3.05, 3.63) is 125 Å². The third-order valence-electron chi connectivity index (χ3n) is 7.55. The first-order chi connectivity index (χ1) is 18.8. The van der Waals surface area contributed by atoms with Crippen LogP contribution in [0.3, 0.4) is 0 Å². The third kappa shape index (κ3) is 5.31. The SMILES string of the molecule is CCN=C1C[C@H]2[C@@H](C1)c1cc(OCc3ccccc3)ccc1O[C@H]2c1ccc(OCc2ccccc2)cc1. The lowest BCUT2D eigenvalue weighted by Crippen LogP contribution is -2.26. The van der Waals surface area contributed by atoms with Gasteiger partial charge in [0.1, 0.15) is 36.6 Å². The van der Waals surface area contributed by atoms with Gasteiger partial charge < -0.3 is 14.2 Å². The Labute approximate surface area is 224 Å². The molecule has 4 heteroatoms. The average molecular weight is 504 g/mol. The zero-order valence-corrected chi connectivity index (χ0v) is 21.8. The van der Waals surface area contributed by atoms with E-state index in [1.807, 2.05) is 42.5 Å². The summed E-state index contributed by atoms with van der Waals surface area (Å²) >= 11 is 0. The highest BCUT2D eigenvalue weighted by molar-refractivity contribution is 5.88.